The fourth-order valence-corrected chi connectivity index (χ4v) is 3.48. The number of ether oxygens (including phenoxy) is 1. The van der Waals surface area contributed by atoms with Gasteiger partial charge in [0.05, 0.1) is 23.0 Å². The Bertz CT molecular complexity index is 1000. The van der Waals surface area contributed by atoms with Crippen molar-refractivity contribution in [2.24, 2.45) is 0 Å². The van der Waals surface area contributed by atoms with Crippen LogP contribution in [0, 0.1) is 0 Å². The van der Waals surface area contributed by atoms with E-state index in [1.165, 1.54) is 0 Å². The molecule has 0 spiro atoms. The minimum absolute atomic E-state index is 0.0481. The first kappa shape index (κ1) is 19.0. The summed E-state index contributed by atoms with van der Waals surface area (Å²) in [6.45, 7) is 1.97. The van der Waals surface area contributed by atoms with Gasteiger partial charge in [-0.15, -0.1) is 0 Å². The number of aromatic hydroxyl groups is 1. The number of hydrogen-bond donors (Lipinski definition) is 1. The second-order valence-corrected chi connectivity index (χ2v) is 6.71. The highest BCUT2D eigenvalue weighted by molar-refractivity contribution is 9.10. The number of fused-ring (bicyclic) bond motifs is 1. The summed E-state index contributed by atoms with van der Waals surface area (Å²) in [4.78, 5) is 28.3. The molecule has 0 saturated carbocycles. The van der Waals surface area contributed by atoms with Gasteiger partial charge in [0.2, 0.25) is 0 Å². The summed E-state index contributed by atoms with van der Waals surface area (Å²) < 4.78 is 5.24. The highest BCUT2D eigenvalue weighted by atomic mass is 79.9. The van der Waals surface area contributed by atoms with Crippen LogP contribution in [-0.4, -0.2) is 28.4 Å². The van der Waals surface area contributed by atoms with Crippen LogP contribution in [0.25, 0.3) is 22.0 Å². The number of Topliss-reactive ketones (excluding diaryl/α,β-unsaturated/α-hetero) is 1. The molecule has 0 atom stereocenters. The molecule has 0 saturated heterocycles. The highest BCUT2D eigenvalue weighted by Crippen LogP contribution is 2.39. The lowest BCUT2D eigenvalue weighted by atomic mass is 9.99. The van der Waals surface area contributed by atoms with Crippen molar-refractivity contribution in [2.75, 3.05) is 6.61 Å². The van der Waals surface area contributed by atoms with Crippen LogP contribution in [0.1, 0.15) is 30.3 Å². The Hall–Kier alpha value is -2.73. The van der Waals surface area contributed by atoms with Crippen LogP contribution in [0.5, 0.6) is 5.75 Å². The van der Waals surface area contributed by atoms with E-state index in [0.29, 0.717) is 9.99 Å². The Kier molecular flexibility index (Phi) is 5.86. The normalized spacial score (nSPS) is 10.7. The molecular weight excluding hydrogens is 410 g/mol. The first-order chi connectivity index (χ1) is 13.0. The molecule has 1 aromatic heterocycles. The third-order valence-corrected chi connectivity index (χ3v) is 4.91. The van der Waals surface area contributed by atoms with E-state index >= 15 is 0 Å². The maximum atomic E-state index is 12.5. The summed E-state index contributed by atoms with van der Waals surface area (Å²) in [7, 11) is 0. The van der Waals surface area contributed by atoms with Gasteiger partial charge in [0.25, 0.3) is 0 Å². The van der Waals surface area contributed by atoms with Crippen molar-refractivity contribution < 1.29 is 19.4 Å². The van der Waals surface area contributed by atoms with Gasteiger partial charge < -0.3 is 9.84 Å². The number of hydrogen-bond acceptors (Lipinski definition) is 5. The molecule has 6 heteroatoms. The van der Waals surface area contributed by atoms with Crippen LogP contribution in [0.3, 0.4) is 0 Å². The van der Waals surface area contributed by atoms with Gasteiger partial charge in [-0.2, -0.15) is 0 Å². The minimum Gasteiger partial charge on any atom is -0.504 e. The largest absolute Gasteiger partial charge is 0.504 e. The number of pyridine rings is 1. The predicted molar refractivity (Wildman–Crippen MR) is 107 cm³/mol. The summed E-state index contributed by atoms with van der Waals surface area (Å²) in [6, 6.07) is 15.3. The smallest absolute Gasteiger partial charge is 0.306 e. The van der Waals surface area contributed by atoms with Crippen molar-refractivity contribution in [1.29, 1.82) is 0 Å². The number of benzene rings is 2. The zero-order chi connectivity index (χ0) is 19.4. The number of nitrogens with zero attached hydrogens (tertiary/aromatic N) is 1. The number of rotatable bonds is 6. The fraction of sp³-hybridized carbons (Fsp3) is 0.190. The number of carbonyl (C=O) groups excluding carboxylic acids is 2. The van der Waals surface area contributed by atoms with E-state index in [9.17, 15) is 14.7 Å². The molecule has 3 rings (SSSR count). The van der Waals surface area contributed by atoms with E-state index < -0.39 is 11.8 Å². The van der Waals surface area contributed by atoms with Gasteiger partial charge in [0, 0.05) is 11.8 Å². The van der Waals surface area contributed by atoms with Gasteiger partial charge in [-0.25, -0.2) is 4.98 Å². The molecule has 0 aliphatic heterocycles. The zero-order valence-corrected chi connectivity index (χ0v) is 16.3. The Labute approximate surface area is 165 Å². The summed E-state index contributed by atoms with van der Waals surface area (Å²) >= 11 is 3.42. The number of halogens is 1. The Morgan fingerprint density at radius 3 is 2.52 bits per heavy atom. The van der Waals surface area contributed by atoms with Crippen molar-refractivity contribution in [2.45, 2.75) is 19.8 Å². The van der Waals surface area contributed by atoms with Crippen LogP contribution in [-0.2, 0) is 9.53 Å². The Morgan fingerprint density at radius 2 is 1.81 bits per heavy atom. The quantitative estimate of drug-likeness (QED) is 0.447. The van der Waals surface area contributed by atoms with Crippen LogP contribution in [0.4, 0.5) is 0 Å². The lowest BCUT2D eigenvalue weighted by Gasteiger charge is -2.12. The molecule has 0 unspecified atom stereocenters. The van der Waals surface area contributed by atoms with E-state index in [-0.39, 0.29) is 30.9 Å². The van der Waals surface area contributed by atoms with Crippen molar-refractivity contribution in [3.8, 4) is 16.9 Å². The molecule has 3 aromatic rings. The summed E-state index contributed by atoms with van der Waals surface area (Å²) in [5, 5.41) is 11.3. The van der Waals surface area contributed by atoms with Gasteiger partial charge in [-0.05, 0) is 40.0 Å². The molecule has 5 nitrogen and oxygen atoms in total. The molecule has 0 fully saturated rings. The van der Waals surface area contributed by atoms with Crippen LogP contribution in [0.2, 0.25) is 0 Å². The monoisotopic (exact) mass is 427 g/mol. The van der Waals surface area contributed by atoms with E-state index in [0.717, 1.165) is 16.5 Å². The molecule has 0 bridgehead atoms. The average Bonchev–Trinajstić information content (AvgIpc) is 2.69. The van der Waals surface area contributed by atoms with E-state index in [1.54, 1.807) is 13.0 Å². The van der Waals surface area contributed by atoms with Gasteiger partial charge in [-0.3, -0.25) is 9.59 Å². The van der Waals surface area contributed by atoms with Gasteiger partial charge >= 0.3 is 5.97 Å². The third-order valence-electron chi connectivity index (χ3n) is 4.14. The Balaban J connectivity index is 2.02. The molecule has 2 aromatic carbocycles. The molecular formula is C21H18BrNO4. The van der Waals surface area contributed by atoms with Gasteiger partial charge in [0.1, 0.15) is 5.69 Å². The third kappa shape index (κ3) is 4.01. The van der Waals surface area contributed by atoms with Crippen LogP contribution >= 0.6 is 15.9 Å². The lowest BCUT2D eigenvalue weighted by Crippen LogP contribution is -2.09. The average molecular weight is 428 g/mol. The molecule has 0 radical (unpaired) electrons. The summed E-state index contributed by atoms with van der Waals surface area (Å²) in [5.41, 5.74) is 2.41. The molecule has 0 aliphatic carbocycles. The van der Waals surface area contributed by atoms with E-state index in [2.05, 4.69) is 20.9 Å². The second kappa shape index (κ2) is 8.31. The predicted octanol–water partition coefficient (Wildman–Crippen LogP) is 4.90. The topological polar surface area (TPSA) is 76.5 Å². The van der Waals surface area contributed by atoms with Gasteiger partial charge in [0.15, 0.2) is 11.5 Å². The number of carbonyl (C=O) groups is 2. The number of aromatic nitrogens is 1. The second-order valence-electron chi connectivity index (χ2n) is 5.92. The maximum absolute atomic E-state index is 12.5. The fourth-order valence-electron chi connectivity index (χ4n) is 2.88. The van der Waals surface area contributed by atoms with Crippen molar-refractivity contribution in [3.63, 3.8) is 0 Å². The molecule has 1 heterocycles. The van der Waals surface area contributed by atoms with Crippen molar-refractivity contribution >= 4 is 38.6 Å². The van der Waals surface area contributed by atoms with Crippen molar-refractivity contribution in [1.82, 2.24) is 4.98 Å². The number of esters is 1. The van der Waals surface area contributed by atoms with E-state index in [1.807, 2.05) is 42.5 Å². The van der Waals surface area contributed by atoms with E-state index in [4.69, 9.17) is 4.74 Å². The maximum Gasteiger partial charge on any atom is 0.306 e. The molecule has 0 amide bonds. The molecule has 27 heavy (non-hydrogen) atoms. The molecule has 1 N–H and O–H groups in total. The van der Waals surface area contributed by atoms with Crippen LogP contribution < -0.4 is 0 Å². The van der Waals surface area contributed by atoms with Crippen molar-refractivity contribution in [3.05, 3.63) is 58.7 Å². The first-order valence-electron chi connectivity index (χ1n) is 8.58. The first-order valence-corrected chi connectivity index (χ1v) is 9.37. The highest BCUT2D eigenvalue weighted by Gasteiger charge is 2.21. The Morgan fingerprint density at radius 1 is 1.07 bits per heavy atom. The lowest BCUT2D eigenvalue weighted by molar-refractivity contribution is -0.143. The number of ketones is 1. The summed E-state index contributed by atoms with van der Waals surface area (Å²) in [6.07, 6.45) is -0.122. The molecule has 138 valence electrons. The van der Waals surface area contributed by atoms with Gasteiger partial charge in [-0.1, -0.05) is 42.5 Å². The SMILES string of the molecule is CCOC(=O)CCC(=O)c1nc2cccc(-c3ccccc3)c2c(Br)c1O. The molecule has 0 aliphatic rings. The van der Waals surface area contributed by atoms with Crippen LogP contribution in [0.15, 0.2) is 53.0 Å². The summed E-state index contributed by atoms with van der Waals surface area (Å²) in [5.74, 6) is -1.08. The zero-order valence-electron chi connectivity index (χ0n) is 14.7. The standard InChI is InChI=1S/C21H18BrNO4/c1-2-27-17(25)12-11-16(24)20-21(26)19(22)18-14(9-6-10-15(18)23-20)13-7-4-3-5-8-13/h3-10,26H,2,11-12H2,1H3. The minimum atomic E-state index is -0.448.